The average Bonchev–Trinajstić information content (AvgIpc) is 3.43. The summed E-state index contributed by atoms with van der Waals surface area (Å²) in [6, 6.07) is 8.29. The minimum absolute atomic E-state index is 0.0231. The van der Waals surface area contributed by atoms with Crippen LogP contribution in [0, 0.1) is 12.7 Å². The third kappa shape index (κ3) is 3.77. The van der Waals surface area contributed by atoms with Crippen molar-refractivity contribution in [2.24, 2.45) is 0 Å². The zero-order valence-corrected chi connectivity index (χ0v) is 16.3. The van der Waals surface area contributed by atoms with Gasteiger partial charge in [0, 0.05) is 18.7 Å². The zero-order chi connectivity index (χ0) is 19.5. The highest BCUT2D eigenvalue weighted by Crippen LogP contribution is 2.33. The summed E-state index contributed by atoms with van der Waals surface area (Å²) in [4.78, 5) is 19.6. The predicted octanol–water partition coefficient (Wildman–Crippen LogP) is 3.91. The summed E-state index contributed by atoms with van der Waals surface area (Å²) < 4.78 is 19.1. The summed E-state index contributed by atoms with van der Waals surface area (Å²) in [6.45, 7) is 2.92. The van der Waals surface area contributed by atoms with Gasteiger partial charge in [-0.15, -0.1) is 11.3 Å². The van der Waals surface area contributed by atoms with Crippen LogP contribution < -0.4 is 4.74 Å². The van der Waals surface area contributed by atoms with Crippen LogP contribution in [0.5, 0.6) is 5.75 Å². The maximum atomic E-state index is 13.6. The highest BCUT2D eigenvalue weighted by atomic mass is 32.1. The van der Waals surface area contributed by atoms with Gasteiger partial charge in [0.25, 0.3) is 5.91 Å². The molecule has 1 aliphatic rings. The Kier molecular flexibility index (Phi) is 5.38. The highest BCUT2D eigenvalue weighted by Gasteiger charge is 2.33. The lowest BCUT2D eigenvalue weighted by Crippen LogP contribution is -2.30. The maximum absolute atomic E-state index is 13.6. The second-order valence-electron chi connectivity index (χ2n) is 6.77. The van der Waals surface area contributed by atoms with Gasteiger partial charge in [-0.25, -0.2) is 9.37 Å². The number of benzene rings is 1. The van der Waals surface area contributed by atoms with E-state index in [1.807, 2.05) is 17.9 Å². The molecule has 0 bridgehead atoms. The van der Waals surface area contributed by atoms with E-state index in [1.165, 1.54) is 17.4 Å². The maximum Gasteiger partial charge on any atom is 0.266 e. The van der Waals surface area contributed by atoms with E-state index in [-0.39, 0.29) is 23.5 Å². The van der Waals surface area contributed by atoms with Crippen LogP contribution in [0.2, 0.25) is 0 Å². The van der Waals surface area contributed by atoms with Gasteiger partial charge in [-0.05, 0) is 38.0 Å². The number of likely N-dealkylation sites (tertiary alicyclic amines) is 1. The number of aromatic nitrogens is 3. The fourth-order valence-corrected chi connectivity index (χ4v) is 4.22. The van der Waals surface area contributed by atoms with Crippen LogP contribution in [0.3, 0.4) is 0 Å². The Bertz CT molecular complexity index is 971. The zero-order valence-electron chi connectivity index (χ0n) is 15.5. The van der Waals surface area contributed by atoms with E-state index in [9.17, 15) is 9.18 Å². The van der Waals surface area contributed by atoms with Crippen LogP contribution in [-0.4, -0.2) is 39.1 Å². The first-order valence-electron chi connectivity index (χ1n) is 9.26. The molecule has 0 radical (unpaired) electrons. The van der Waals surface area contributed by atoms with Crippen molar-refractivity contribution in [3.05, 3.63) is 63.6 Å². The van der Waals surface area contributed by atoms with Gasteiger partial charge < -0.3 is 9.64 Å². The Hall–Kier alpha value is -2.74. The molecule has 1 saturated heterocycles. The van der Waals surface area contributed by atoms with Crippen molar-refractivity contribution in [2.75, 3.05) is 13.2 Å². The first-order chi connectivity index (χ1) is 13.6. The van der Waals surface area contributed by atoms with Crippen LogP contribution in [0.1, 0.15) is 45.6 Å². The monoisotopic (exact) mass is 400 g/mol. The van der Waals surface area contributed by atoms with Crippen molar-refractivity contribution >= 4 is 17.2 Å². The Morgan fingerprint density at radius 2 is 2.29 bits per heavy atom. The third-order valence-corrected chi connectivity index (χ3v) is 5.83. The molecule has 3 heterocycles. The lowest BCUT2D eigenvalue weighted by Gasteiger charge is -2.22. The lowest BCUT2D eigenvalue weighted by atomic mass is 10.1. The largest absolute Gasteiger partial charge is 0.490 e. The van der Waals surface area contributed by atoms with Crippen LogP contribution >= 0.6 is 11.3 Å². The number of aromatic amines is 1. The van der Waals surface area contributed by atoms with E-state index >= 15 is 0 Å². The first kappa shape index (κ1) is 18.6. The van der Waals surface area contributed by atoms with Gasteiger partial charge in [-0.1, -0.05) is 12.1 Å². The fraction of sp³-hybridized carbons (Fsp3) is 0.350. The molecular formula is C20H21FN4O2S. The molecule has 1 N–H and O–H groups in total. The van der Waals surface area contributed by atoms with Gasteiger partial charge in [0.1, 0.15) is 4.88 Å². The smallest absolute Gasteiger partial charge is 0.266 e. The summed E-state index contributed by atoms with van der Waals surface area (Å²) in [7, 11) is 0. The molecule has 1 aliphatic heterocycles. The number of rotatable bonds is 6. The molecule has 3 aromatic rings. The highest BCUT2D eigenvalue weighted by molar-refractivity contribution is 7.11. The van der Waals surface area contributed by atoms with Gasteiger partial charge in [0.15, 0.2) is 11.6 Å². The van der Waals surface area contributed by atoms with Crippen LogP contribution in [0.4, 0.5) is 4.39 Å². The Morgan fingerprint density at radius 3 is 3.07 bits per heavy atom. The molecule has 1 unspecified atom stereocenters. The van der Waals surface area contributed by atoms with Crippen molar-refractivity contribution in [1.29, 1.82) is 0 Å². The Balaban J connectivity index is 1.40. The summed E-state index contributed by atoms with van der Waals surface area (Å²) in [5.41, 5.74) is 4.23. The van der Waals surface area contributed by atoms with Crippen molar-refractivity contribution in [2.45, 2.75) is 32.2 Å². The molecule has 1 aromatic carbocycles. The molecule has 28 heavy (non-hydrogen) atoms. The molecule has 146 valence electrons. The number of thiazole rings is 1. The van der Waals surface area contributed by atoms with Gasteiger partial charge >= 0.3 is 0 Å². The lowest BCUT2D eigenvalue weighted by molar-refractivity contribution is 0.0737. The first-order valence-corrected chi connectivity index (χ1v) is 10.1. The number of nitrogens with one attached hydrogen (secondary N) is 1. The van der Waals surface area contributed by atoms with E-state index in [0.717, 1.165) is 36.5 Å². The number of amides is 1. The van der Waals surface area contributed by atoms with Crippen molar-refractivity contribution in [3.63, 3.8) is 0 Å². The van der Waals surface area contributed by atoms with E-state index in [4.69, 9.17) is 4.74 Å². The molecule has 1 amide bonds. The number of para-hydroxylation sites is 1. The number of hydrogen-bond acceptors (Lipinski definition) is 5. The normalized spacial score (nSPS) is 16.5. The molecular weight excluding hydrogens is 379 g/mol. The number of halogens is 1. The van der Waals surface area contributed by atoms with Crippen molar-refractivity contribution in [1.82, 2.24) is 20.1 Å². The number of aryl methyl sites for hydroxylation is 1. The van der Waals surface area contributed by atoms with Crippen molar-refractivity contribution < 1.29 is 13.9 Å². The summed E-state index contributed by atoms with van der Waals surface area (Å²) >= 11 is 1.38. The van der Waals surface area contributed by atoms with Crippen LogP contribution in [0.15, 0.2) is 35.8 Å². The van der Waals surface area contributed by atoms with E-state index in [2.05, 4.69) is 15.2 Å². The molecule has 1 atom stereocenters. The Labute approximate surface area is 166 Å². The topological polar surface area (TPSA) is 71.1 Å². The molecule has 0 saturated carbocycles. The van der Waals surface area contributed by atoms with Crippen LogP contribution in [-0.2, 0) is 6.42 Å². The van der Waals surface area contributed by atoms with Crippen molar-refractivity contribution in [3.8, 4) is 5.75 Å². The number of carbonyl (C=O) groups excluding carboxylic acids is 1. The molecule has 4 rings (SSSR count). The summed E-state index contributed by atoms with van der Waals surface area (Å²) in [5.74, 6) is -0.101. The van der Waals surface area contributed by atoms with Gasteiger partial charge in [0.2, 0.25) is 0 Å². The number of ether oxygens (including phenoxy) is 1. The number of nitrogens with zero attached hydrogens (tertiary/aromatic N) is 3. The van der Waals surface area contributed by atoms with E-state index < -0.39 is 0 Å². The minimum Gasteiger partial charge on any atom is -0.490 e. The third-order valence-electron chi connectivity index (χ3n) is 4.91. The SMILES string of the molecule is Cc1ncsc1C(=O)N1CCCC1c1cc(CCOc2ccccc2F)[nH]n1. The van der Waals surface area contributed by atoms with Gasteiger partial charge in [0.05, 0.1) is 29.5 Å². The average molecular weight is 400 g/mol. The Morgan fingerprint density at radius 1 is 1.43 bits per heavy atom. The number of hydrogen-bond donors (Lipinski definition) is 1. The van der Waals surface area contributed by atoms with Gasteiger partial charge in [-0.3, -0.25) is 9.89 Å². The van der Waals surface area contributed by atoms with Gasteiger partial charge in [-0.2, -0.15) is 5.10 Å². The predicted molar refractivity (Wildman–Crippen MR) is 104 cm³/mol. The standard InChI is InChI=1S/C20H21FN4O2S/c1-13-19(28-12-22-13)20(26)25-9-4-6-17(25)16-11-14(23-24-16)8-10-27-18-7-3-2-5-15(18)21/h2-3,5,7,11-12,17H,4,6,8-10H2,1H3,(H,23,24). The van der Waals surface area contributed by atoms with E-state index in [0.29, 0.717) is 17.9 Å². The second-order valence-corrected chi connectivity index (χ2v) is 7.63. The second kappa shape index (κ2) is 8.10. The number of H-pyrrole nitrogens is 1. The molecule has 0 aliphatic carbocycles. The van der Waals surface area contributed by atoms with Crippen LogP contribution in [0.25, 0.3) is 0 Å². The summed E-state index contributed by atoms with van der Waals surface area (Å²) in [5, 5.41) is 7.43. The quantitative estimate of drug-likeness (QED) is 0.681. The van der Waals surface area contributed by atoms with E-state index in [1.54, 1.807) is 23.7 Å². The number of carbonyl (C=O) groups is 1. The molecule has 0 spiro atoms. The molecule has 6 nitrogen and oxygen atoms in total. The fourth-order valence-electron chi connectivity index (χ4n) is 3.47. The molecule has 1 fully saturated rings. The molecule has 2 aromatic heterocycles. The molecule has 8 heteroatoms. The minimum atomic E-state index is -0.369. The summed E-state index contributed by atoms with van der Waals surface area (Å²) in [6.07, 6.45) is 2.42.